The van der Waals surface area contributed by atoms with Gasteiger partial charge in [-0.1, -0.05) is 55.1 Å². The monoisotopic (exact) mass is 383 g/mol. The molecule has 0 bridgehead atoms. The van der Waals surface area contributed by atoms with Crippen LogP contribution in [0.15, 0.2) is 60.7 Å². The van der Waals surface area contributed by atoms with Gasteiger partial charge in [-0.05, 0) is 72.4 Å². The van der Waals surface area contributed by atoms with E-state index in [9.17, 15) is 4.79 Å². The summed E-state index contributed by atoms with van der Waals surface area (Å²) in [6, 6.07) is 15.6. The van der Waals surface area contributed by atoms with Crippen LogP contribution in [-0.2, 0) is 5.41 Å². The van der Waals surface area contributed by atoms with E-state index in [0.717, 1.165) is 31.4 Å². The van der Waals surface area contributed by atoms with Crippen molar-refractivity contribution in [1.29, 1.82) is 0 Å². The number of nitrogens with zero attached hydrogens (tertiary/aromatic N) is 1. The Bertz CT molecular complexity index is 1000. The van der Waals surface area contributed by atoms with Crippen molar-refractivity contribution in [3.63, 3.8) is 0 Å². The van der Waals surface area contributed by atoms with Crippen molar-refractivity contribution in [2.45, 2.75) is 50.0 Å². The highest BCUT2D eigenvalue weighted by atomic mass is 16.1. The second kappa shape index (κ2) is 7.11. The molecule has 1 saturated carbocycles. The molecule has 2 aromatic carbocycles. The van der Waals surface area contributed by atoms with E-state index >= 15 is 0 Å². The van der Waals surface area contributed by atoms with Gasteiger partial charge in [-0.3, -0.25) is 9.69 Å². The van der Waals surface area contributed by atoms with Gasteiger partial charge in [-0.25, -0.2) is 0 Å². The molecule has 0 aromatic heterocycles. The average Bonchev–Trinajstić information content (AvgIpc) is 3.37. The molecule has 1 saturated heterocycles. The Morgan fingerprint density at radius 1 is 1.17 bits per heavy atom. The average molecular weight is 384 g/mol. The van der Waals surface area contributed by atoms with E-state index in [0.29, 0.717) is 12.0 Å². The van der Waals surface area contributed by atoms with Crippen LogP contribution in [0, 0.1) is 6.92 Å². The maximum absolute atomic E-state index is 11.0. The Balaban J connectivity index is 1.29. The summed E-state index contributed by atoms with van der Waals surface area (Å²) in [5.41, 5.74) is 7.67. The Morgan fingerprint density at radius 2 is 2.03 bits per heavy atom. The fourth-order valence-electron chi connectivity index (χ4n) is 5.97. The van der Waals surface area contributed by atoms with E-state index < -0.39 is 0 Å². The number of piperidine rings is 1. The molecule has 2 aliphatic carbocycles. The van der Waals surface area contributed by atoms with Crippen LogP contribution in [-0.4, -0.2) is 30.3 Å². The zero-order valence-corrected chi connectivity index (χ0v) is 17.2. The molecule has 2 nitrogen and oxygen atoms in total. The van der Waals surface area contributed by atoms with Crippen LogP contribution in [0.25, 0.3) is 6.08 Å². The molecule has 1 aliphatic heterocycles. The lowest BCUT2D eigenvalue weighted by atomic mass is 9.71. The van der Waals surface area contributed by atoms with Gasteiger partial charge in [0.1, 0.15) is 6.29 Å². The van der Waals surface area contributed by atoms with Gasteiger partial charge in [-0.15, -0.1) is 0 Å². The lowest BCUT2D eigenvalue weighted by Gasteiger charge is -2.43. The summed E-state index contributed by atoms with van der Waals surface area (Å²) >= 11 is 0. The molecular formula is C27H29NO. The lowest BCUT2D eigenvalue weighted by Crippen LogP contribution is -2.46. The van der Waals surface area contributed by atoms with Gasteiger partial charge in [0.25, 0.3) is 0 Å². The summed E-state index contributed by atoms with van der Waals surface area (Å²) in [6.07, 6.45) is 10.5. The summed E-state index contributed by atoms with van der Waals surface area (Å²) in [5, 5.41) is 0. The van der Waals surface area contributed by atoms with Gasteiger partial charge in [0.2, 0.25) is 0 Å². The van der Waals surface area contributed by atoms with Gasteiger partial charge in [0.05, 0.1) is 0 Å². The Morgan fingerprint density at radius 3 is 2.83 bits per heavy atom. The van der Waals surface area contributed by atoms with E-state index in [-0.39, 0.29) is 5.41 Å². The quantitative estimate of drug-likeness (QED) is 0.503. The third-order valence-electron chi connectivity index (χ3n) is 7.60. The number of aldehydes is 1. The topological polar surface area (TPSA) is 20.3 Å². The Labute approximate surface area is 173 Å². The predicted molar refractivity (Wildman–Crippen MR) is 119 cm³/mol. The van der Waals surface area contributed by atoms with E-state index in [1.165, 1.54) is 47.1 Å². The number of aryl methyl sites for hydroxylation is 1. The minimum Gasteiger partial charge on any atom is -0.298 e. The number of fused-ring (bicyclic) bond motifs is 2. The molecule has 2 aromatic rings. The number of allylic oxidation sites excluding steroid dienone is 1. The van der Waals surface area contributed by atoms with E-state index in [4.69, 9.17) is 0 Å². The molecule has 3 unspecified atom stereocenters. The van der Waals surface area contributed by atoms with Gasteiger partial charge in [-0.2, -0.15) is 0 Å². The van der Waals surface area contributed by atoms with Crippen molar-refractivity contribution < 1.29 is 4.79 Å². The molecule has 0 amide bonds. The SMILES string of the molecule is C=C1CN(C2CCC(c3ccc(C=O)cc3C)C2)CCC12C=Cc1ccccc12. The van der Waals surface area contributed by atoms with Gasteiger partial charge in [0.15, 0.2) is 0 Å². The molecule has 0 N–H and O–H groups in total. The number of hydrogen-bond donors (Lipinski definition) is 0. The molecule has 29 heavy (non-hydrogen) atoms. The van der Waals surface area contributed by atoms with Crippen LogP contribution in [0.4, 0.5) is 0 Å². The van der Waals surface area contributed by atoms with Crippen LogP contribution in [0.5, 0.6) is 0 Å². The summed E-state index contributed by atoms with van der Waals surface area (Å²) < 4.78 is 0. The highest BCUT2D eigenvalue weighted by Crippen LogP contribution is 2.48. The zero-order valence-electron chi connectivity index (χ0n) is 17.2. The van der Waals surface area contributed by atoms with Crippen LogP contribution < -0.4 is 0 Å². The highest BCUT2D eigenvalue weighted by molar-refractivity contribution is 5.75. The first-order valence-corrected chi connectivity index (χ1v) is 10.9. The second-order valence-electron chi connectivity index (χ2n) is 9.11. The maximum atomic E-state index is 11.0. The predicted octanol–water partition coefficient (Wildman–Crippen LogP) is 5.67. The van der Waals surface area contributed by atoms with Gasteiger partial charge >= 0.3 is 0 Å². The highest BCUT2D eigenvalue weighted by Gasteiger charge is 2.43. The standard InChI is InChI=1S/C27H29NO/c1-19-15-21(18-29)7-10-25(19)23-8-9-24(16-23)28-14-13-27(20(2)17-28)12-11-22-5-3-4-6-26(22)27/h3-7,10-12,15,18,23-24H,2,8-9,13-14,16-17H2,1H3. The third-order valence-corrected chi connectivity index (χ3v) is 7.60. The van der Waals surface area contributed by atoms with Crippen LogP contribution in [0.2, 0.25) is 0 Å². The first-order valence-electron chi connectivity index (χ1n) is 10.9. The molecule has 148 valence electrons. The number of hydrogen-bond acceptors (Lipinski definition) is 2. The van der Waals surface area contributed by atoms with Crippen molar-refractivity contribution in [3.05, 3.63) is 88.5 Å². The first-order chi connectivity index (χ1) is 14.1. The van der Waals surface area contributed by atoms with Gasteiger partial charge < -0.3 is 0 Å². The molecule has 5 rings (SSSR count). The van der Waals surface area contributed by atoms with E-state index in [1.807, 2.05) is 12.1 Å². The number of rotatable bonds is 3. The van der Waals surface area contributed by atoms with Crippen LogP contribution >= 0.6 is 0 Å². The smallest absolute Gasteiger partial charge is 0.150 e. The molecule has 3 aliphatic rings. The molecule has 3 atom stereocenters. The van der Waals surface area contributed by atoms with Gasteiger partial charge in [0, 0.05) is 30.1 Å². The fraction of sp³-hybridized carbons (Fsp3) is 0.370. The lowest BCUT2D eigenvalue weighted by molar-refractivity contribution is 0.112. The molecule has 1 spiro atoms. The van der Waals surface area contributed by atoms with E-state index in [2.05, 4.69) is 60.9 Å². The van der Waals surface area contributed by atoms with Crippen molar-refractivity contribution in [2.75, 3.05) is 13.1 Å². The Kier molecular flexibility index (Phi) is 4.55. The fourth-order valence-corrected chi connectivity index (χ4v) is 5.97. The molecule has 1 heterocycles. The van der Waals surface area contributed by atoms with Crippen molar-refractivity contribution >= 4 is 12.4 Å². The Hall–Kier alpha value is -2.45. The van der Waals surface area contributed by atoms with Crippen LogP contribution in [0.1, 0.15) is 64.2 Å². The summed E-state index contributed by atoms with van der Waals surface area (Å²) in [4.78, 5) is 13.7. The number of likely N-dealkylation sites (tertiary alicyclic amines) is 1. The summed E-state index contributed by atoms with van der Waals surface area (Å²) in [6.45, 7) is 8.84. The van der Waals surface area contributed by atoms with Crippen molar-refractivity contribution in [3.8, 4) is 0 Å². The second-order valence-corrected chi connectivity index (χ2v) is 9.11. The molecule has 0 radical (unpaired) electrons. The number of benzene rings is 2. The normalized spacial score (nSPS) is 28.8. The van der Waals surface area contributed by atoms with Crippen LogP contribution in [0.3, 0.4) is 0 Å². The number of carbonyl (C=O) groups is 1. The molecule has 2 fully saturated rings. The largest absolute Gasteiger partial charge is 0.298 e. The zero-order chi connectivity index (χ0) is 20.0. The minimum absolute atomic E-state index is 0.0480. The third kappa shape index (κ3) is 3.02. The summed E-state index contributed by atoms with van der Waals surface area (Å²) in [5.74, 6) is 0.608. The van der Waals surface area contributed by atoms with Crippen molar-refractivity contribution in [1.82, 2.24) is 4.90 Å². The first kappa shape index (κ1) is 18.6. The maximum Gasteiger partial charge on any atom is 0.150 e. The molecule has 2 heteroatoms. The molecular weight excluding hydrogens is 354 g/mol. The van der Waals surface area contributed by atoms with Crippen molar-refractivity contribution in [2.24, 2.45) is 0 Å². The van der Waals surface area contributed by atoms with E-state index in [1.54, 1.807) is 0 Å². The number of carbonyl (C=O) groups excluding carboxylic acids is 1. The summed E-state index contributed by atoms with van der Waals surface area (Å²) in [7, 11) is 0. The minimum atomic E-state index is 0.0480.